The number of hydrogen-bond donors (Lipinski definition) is 0. The van der Waals surface area contributed by atoms with Crippen molar-refractivity contribution in [2.75, 3.05) is 7.05 Å². The lowest BCUT2D eigenvalue weighted by molar-refractivity contribution is -0.146. The second-order valence-corrected chi connectivity index (χ2v) is 6.30. The van der Waals surface area contributed by atoms with E-state index in [1.54, 1.807) is 0 Å². The predicted molar refractivity (Wildman–Crippen MR) is 71.9 cm³/mol. The SMILES string of the molecule is Cc1ccc([C@@H]2CC3C[C@@H]4OC(=O)[C@H]2C4N3C)cc1. The van der Waals surface area contributed by atoms with E-state index < -0.39 is 0 Å². The van der Waals surface area contributed by atoms with Crippen molar-refractivity contribution >= 4 is 5.97 Å². The number of piperidine rings is 1. The first-order valence-corrected chi connectivity index (χ1v) is 7.14. The summed E-state index contributed by atoms with van der Waals surface area (Å²) in [6.07, 6.45) is 2.25. The minimum atomic E-state index is 0.0191. The number of esters is 1. The largest absolute Gasteiger partial charge is 0.460 e. The van der Waals surface area contributed by atoms with Crippen LogP contribution in [-0.2, 0) is 9.53 Å². The van der Waals surface area contributed by atoms with Gasteiger partial charge >= 0.3 is 5.97 Å². The molecule has 3 aliphatic heterocycles. The maximum atomic E-state index is 12.2. The fourth-order valence-corrected chi connectivity index (χ4v) is 4.31. The normalized spacial score (nSPS) is 40.5. The Kier molecular flexibility index (Phi) is 2.31. The van der Waals surface area contributed by atoms with Crippen LogP contribution in [0.1, 0.15) is 29.9 Å². The molecule has 100 valence electrons. The van der Waals surface area contributed by atoms with E-state index in [9.17, 15) is 4.79 Å². The summed E-state index contributed by atoms with van der Waals surface area (Å²) in [5.74, 6) is 0.397. The van der Waals surface area contributed by atoms with Crippen molar-refractivity contribution in [1.82, 2.24) is 4.90 Å². The number of ether oxygens (including phenoxy) is 1. The van der Waals surface area contributed by atoms with Gasteiger partial charge in [0.15, 0.2) is 0 Å². The van der Waals surface area contributed by atoms with E-state index in [4.69, 9.17) is 4.74 Å². The molecule has 4 rings (SSSR count). The van der Waals surface area contributed by atoms with Crippen LogP contribution < -0.4 is 0 Å². The molecule has 0 aromatic heterocycles. The number of carbonyl (C=O) groups is 1. The third kappa shape index (κ3) is 1.51. The highest BCUT2D eigenvalue weighted by atomic mass is 16.6. The van der Waals surface area contributed by atoms with Crippen molar-refractivity contribution in [1.29, 1.82) is 0 Å². The van der Waals surface area contributed by atoms with Gasteiger partial charge < -0.3 is 4.74 Å². The van der Waals surface area contributed by atoms with Crippen LogP contribution in [0.2, 0.25) is 0 Å². The van der Waals surface area contributed by atoms with Gasteiger partial charge in [0.1, 0.15) is 6.10 Å². The number of carbonyl (C=O) groups excluding carboxylic acids is 1. The highest BCUT2D eigenvalue weighted by Gasteiger charge is 2.60. The van der Waals surface area contributed by atoms with Gasteiger partial charge in [-0.3, -0.25) is 9.69 Å². The minimum Gasteiger partial charge on any atom is -0.460 e. The van der Waals surface area contributed by atoms with E-state index in [-0.39, 0.29) is 18.0 Å². The monoisotopic (exact) mass is 257 g/mol. The number of benzene rings is 1. The van der Waals surface area contributed by atoms with Crippen molar-refractivity contribution in [3.63, 3.8) is 0 Å². The van der Waals surface area contributed by atoms with E-state index in [1.165, 1.54) is 11.1 Å². The Morgan fingerprint density at radius 2 is 1.95 bits per heavy atom. The zero-order valence-corrected chi connectivity index (χ0v) is 11.4. The van der Waals surface area contributed by atoms with Gasteiger partial charge in [0.05, 0.1) is 12.0 Å². The first-order valence-electron chi connectivity index (χ1n) is 7.14. The Hall–Kier alpha value is -1.35. The summed E-state index contributed by atoms with van der Waals surface area (Å²) in [5, 5.41) is 0. The van der Waals surface area contributed by atoms with Gasteiger partial charge in [-0.2, -0.15) is 0 Å². The van der Waals surface area contributed by atoms with Gasteiger partial charge in [0.25, 0.3) is 0 Å². The zero-order chi connectivity index (χ0) is 13.1. The van der Waals surface area contributed by atoms with Gasteiger partial charge in [0, 0.05) is 18.4 Å². The molecule has 1 aromatic rings. The lowest BCUT2D eigenvalue weighted by atomic mass is 9.77. The van der Waals surface area contributed by atoms with E-state index in [0.29, 0.717) is 18.0 Å². The second kappa shape index (κ2) is 3.83. The molecule has 0 amide bonds. The number of rotatable bonds is 1. The van der Waals surface area contributed by atoms with Gasteiger partial charge in [0.2, 0.25) is 0 Å². The molecule has 0 saturated carbocycles. The van der Waals surface area contributed by atoms with Gasteiger partial charge in [-0.1, -0.05) is 29.8 Å². The molecule has 1 aromatic carbocycles. The van der Waals surface area contributed by atoms with Crippen LogP contribution in [0.5, 0.6) is 0 Å². The third-order valence-electron chi connectivity index (χ3n) is 5.30. The minimum absolute atomic E-state index is 0.0191. The highest BCUT2D eigenvalue weighted by Crippen LogP contribution is 2.51. The maximum Gasteiger partial charge on any atom is 0.311 e. The molecule has 0 aliphatic carbocycles. The van der Waals surface area contributed by atoms with Crippen LogP contribution in [0, 0.1) is 12.8 Å². The molecule has 0 spiro atoms. The Bertz CT molecular complexity index is 524. The Morgan fingerprint density at radius 3 is 2.68 bits per heavy atom. The fraction of sp³-hybridized carbons (Fsp3) is 0.562. The number of nitrogens with zero attached hydrogens (tertiary/aromatic N) is 1. The van der Waals surface area contributed by atoms with Crippen molar-refractivity contribution in [3.05, 3.63) is 35.4 Å². The van der Waals surface area contributed by atoms with E-state index in [1.807, 2.05) is 0 Å². The van der Waals surface area contributed by atoms with Crippen LogP contribution in [0.4, 0.5) is 0 Å². The molecule has 2 bridgehead atoms. The Balaban J connectivity index is 1.74. The van der Waals surface area contributed by atoms with E-state index in [2.05, 4.69) is 43.1 Å². The average molecular weight is 257 g/mol. The molecule has 0 N–H and O–H groups in total. The van der Waals surface area contributed by atoms with Crippen LogP contribution in [0.25, 0.3) is 0 Å². The molecular formula is C16H19NO2. The molecule has 3 heteroatoms. The molecule has 19 heavy (non-hydrogen) atoms. The smallest absolute Gasteiger partial charge is 0.311 e. The lowest BCUT2D eigenvalue weighted by Crippen LogP contribution is -2.47. The summed E-state index contributed by atoms with van der Waals surface area (Å²) in [6.45, 7) is 2.10. The molecular weight excluding hydrogens is 238 g/mol. The lowest BCUT2D eigenvalue weighted by Gasteiger charge is -2.39. The molecule has 3 fully saturated rings. The van der Waals surface area contributed by atoms with Crippen LogP contribution in [0.15, 0.2) is 24.3 Å². The fourth-order valence-electron chi connectivity index (χ4n) is 4.31. The van der Waals surface area contributed by atoms with Crippen LogP contribution >= 0.6 is 0 Å². The summed E-state index contributed by atoms with van der Waals surface area (Å²) in [5.41, 5.74) is 2.57. The number of aryl methyl sites for hydroxylation is 1. The number of hydrogen-bond acceptors (Lipinski definition) is 3. The third-order valence-corrected chi connectivity index (χ3v) is 5.30. The first kappa shape index (κ1) is 11.5. The molecule has 5 atom stereocenters. The van der Waals surface area contributed by atoms with Gasteiger partial charge in [-0.25, -0.2) is 0 Å². The molecule has 3 nitrogen and oxygen atoms in total. The van der Waals surface area contributed by atoms with E-state index in [0.717, 1.165) is 12.8 Å². The molecule has 3 heterocycles. The summed E-state index contributed by atoms with van der Waals surface area (Å²) in [6, 6.07) is 9.54. The second-order valence-electron chi connectivity index (χ2n) is 6.30. The zero-order valence-electron chi connectivity index (χ0n) is 11.4. The van der Waals surface area contributed by atoms with Gasteiger partial charge in [-0.05, 0) is 26.0 Å². The predicted octanol–water partition coefficient (Wildman–Crippen LogP) is 2.10. The van der Waals surface area contributed by atoms with Crippen molar-refractivity contribution in [3.8, 4) is 0 Å². The quantitative estimate of drug-likeness (QED) is 0.722. The summed E-state index contributed by atoms with van der Waals surface area (Å²) >= 11 is 0. The van der Waals surface area contributed by atoms with Crippen molar-refractivity contribution in [2.45, 2.75) is 43.9 Å². The Morgan fingerprint density at radius 1 is 1.21 bits per heavy atom. The molecule has 3 saturated heterocycles. The average Bonchev–Trinajstić information content (AvgIpc) is 2.78. The number of fused-ring (bicyclic) bond motifs is 1. The summed E-state index contributed by atoms with van der Waals surface area (Å²) in [4.78, 5) is 14.6. The standard InChI is InChI=1S/C16H19NO2/c1-9-3-5-10(6-4-9)12-7-11-8-13-15(17(11)2)14(12)16(18)19-13/h3-6,11-15H,7-8H2,1-2H3/t11?,12-,13-,14+,15?/m0/s1. The highest BCUT2D eigenvalue weighted by molar-refractivity contribution is 5.78. The van der Waals surface area contributed by atoms with E-state index >= 15 is 0 Å². The Labute approximate surface area is 113 Å². The number of likely N-dealkylation sites (N-methyl/N-ethyl adjacent to an activating group) is 1. The topological polar surface area (TPSA) is 29.5 Å². The molecule has 3 aliphatic rings. The molecule has 2 unspecified atom stereocenters. The van der Waals surface area contributed by atoms with Gasteiger partial charge in [-0.15, -0.1) is 0 Å². The van der Waals surface area contributed by atoms with Crippen molar-refractivity contribution < 1.29 is 9.53 Å². The van der Waals surface area contributed by atoms with Crippen LogP contribution in [-0.4, -0.2) is 36.1 Å². The first-order chi connectivity index (χ1) is 9.15. The summed E-state index contributed by atoms with van der Waals surface area (Å²) in [7, 11) is 2.15. The van der Waals surface area contributed by atoms with Crippen LogP contribution in [0.3, 0.4) is 0 Å². The van der Waals surface area contributed by atoms with Crippen molar-refractivity contribution in [2.24, 2.45) is 5.92 Å². The summed E-state index contributed by atoms with van der Waals surface area (Å²) < 4.78 is 5.58. The maximum absolute atomic E-state index is 12.2. The molecule has 0 radical (unpaired) electrons.